The fourth-order valence-electron chi connectivity index (χ4n) is 4.42. The number of hydrogen-bond donors (Lipinski definition) is 1. The standard InChI is InChI=1S/C20H26N2O3S/c1-13-9-14-15(21-16-11-20(2,3)12-17(23)19(14)16)10-18(13)26(24,25)22-7-5-4-6-8-22/h9-10,21H,4-8,11-12H2,1-3H3. The number of aromatic amines is 1. The van der Waals surface area contributed by atoms with Crippen molar-refractivity contribution in [2.75, 3.05) is 13.1 Å². The van der Waals surface area contributed by atoms with Gasteiger partial charge in [-0.05, 0) is 49.3 Å². The summed E-state index contributed by atoms with van der Waals surface area (Å²) >= 11 is 0. The number of benzene rings is 1. The molecule has 1 fully saturated rings. The Hall–Kier alpha value is -1.66. The van der Waals surface area contributed by atoms with Gasteiger partial charge in [0.2, 0.25) is 10.0 Å². The predicted octanol–water partition coefficient (Wildman–Crippen LogP) is 3.81. The number of fused-ring (bicyclic) bond motifs is 3. The van der Waals surface area contributed by atoms with Crippen molar-refractivity contribution >= 4 is 26.7 Å². The molecule has 0 unspecified atom stereocenters. The molecule has 0 bridgehead atoms. The van der Waals surface area contributed by atoms with Crippen LogP contribution < -0.4 is 0 Å². The van der Waals surface area contributed by atoms with Gasteiger partial charge < -0.3 is 4.98 Å². The minimum absolute atomic E-state index is 0.0668. The molecule has 1 aromatic carbocycles. The molecule has 1 aliphatic heterocycles. The van der Waals surface area contributed by atoms with E-state index in [1.807, 2.05) is 13.0 Å². The number of aromatic nitrogens is 1. The first-order chi connectivity index (χ1) is 12.2. The Labute approximate surface area is 154 Å². The molecule has 4 rings (SSSR count). The van der Waals surface area contributed by atoms with Crippen molar-refractivity contribution in [2.24, 2.45) is 5.41 Å². The molecule has 2 aromatic rings. The Kier molecular flexibility index (Phi) is 4.04. The van der Waals surface area contributed by atoms with Crippen molar-refractivity contribution in [3.05, 3.63) is 29.0 Å². The zero-order valence-electron chi connectivity index (χ0n) is 15.7. The first-order valence-electron chi connectivity index (χ1n) is 9.38. The molecule has 5 nitrogen and oxygen atoms in total. The zero-order chi connectivity index (χ0) is 18.7. The number of carbonyl (C=O) groups excluding carboxylic acids is 1. The highest BCUT2D eigenvalue weighted by Crippen LogP contribution is 2.39. The number of Topliss-reactive ketones (excluding diaryl/α,β-unsaturated/α-hetero) is 1. The van der Waals surface area contributed by atoms with Gasteiger partial charge in [0.05, 0.1) is 4.90 Å². The van der Waals surface area contributed by atoms with Crippen LogP contribution >= 0.6 is 0 Å². The van der Waals surface area contributed by atoms with E-state index in [1.165, 1.54) is 0 Å². The van der Waals surface area contributed by atoms with Gasteiger partial charge in [-0.3, -0.25) is 4.79 Å². The summed E-state index contributed by atoms with van der Waals surface area (Å²) in [7, 11) is -3.49. The lowest BCUT2D eigenvalue weighted by Crippen LogP contribution is -2.35. The van der Waals surface area contributed by atoms with Gasteiger partial charge in [-0.25, -0.2) is 8.42 Å². The second-order valence-corrected chi connectivity index (χ2v) is 10.5. The summed E-state index contributed by atoms with van der Waals surface area (Å²) in [6, 6.07) is 3.60. The Bertz CT molecular complexity index is 996. The van der Waals surface area contributed by atoms with Crippen LogP contribution in [0.3, 0.4) is 0 Å². The lowest BCUT2D eigenvalue weighted by Gasteiger charge is -2.28. The summed E-state index contributed by atoms with van der Waals surface area (Å²) in [5.41, 5.74) is 3.09. The van der Waals surface area contributed by atoms with Crippen molar-refractivity contribution in [1.29, 1.82) is 0 Å². The second kappa shape index (κ2) is 5.92. The first-order valence-corrected chi connectivity index (χ1v) is 10.8. The second-order valence-electron chi connectivity index (χ2n) is 8.55. The highest BCUT2D eigenvalue weighted by atomic mass is 32.2. The zero-order valence-corrected chi connectivity index (χ0v) is 16.5. The van der Waals surface area contributed by atoms with Crippen molar-refractivity contribution in [3.63, 3.8) is 0 Å². The molecule has 0 radical (unpaired) electrons. The number of carbonyl (C=O) groups is 1. The van der Waals surface area contributed by atoms with E-state index in [2.05, 4.69) is 18.8 Å². The summed E-state index contributed by atoms with van der Waals surface area (Å²) in [5.74, 6) is 0.147. The number of hydrogen-bond acceptors (Lipinski definition) is 3. The lowest BCUT2D eigenvalue weighted by atomic mass is 9.76. The van der Waals surface area contributed by atoms with Crippen LogP contribution in [-0.4, -0.2) is 36.6 Å². The van der Waals surface area contributed by atoms with Gasteiger partial charge in [0.1, 0.15) is 0 Å². The highest BCUT2D eigenvalue weighted by molar-refractivity contribution is 7.89. The molecule has 0 saturated carbocycles. The van der Waals surface area contributed by atoms with Crippen molar-refractivity contribution < 1.29 is 13.2 Å². The predicted molar refractivity (Wildman–Crippen MR) is 102 cm³/mol. The van der Waals surface area contributed by atoms with E-state index in [0.29, 0.717) is 30.0 Å². The van der Waals surface area contributed by atoms with Crippen LogP contribution in [0.5, 0.6) is 0 Å². The van der Waals surface area contributed by atoms with E-state index in [9.17, 15) is 13.2 Å². The number of nitrogens with one attached hydrogen (secondary N) is 1. The third kappa shape index (κ3) is 2.79. The Morgan fingerprint density at radius 2 is 1.77 bits per heavy atom. The average Bonchev–Trinajstić information content (AvgIpc) is 2.90. The van der Waals surface area contributed by atoms with Gasteiger partial charge in [0.15, 0.2) is 5.78 Å². The van der Waals surface area contributed by atoms with Crippen LogP contribution in [0.4, 0.5) is 0 Å². The van der Waals surface area contributed by atoms with Crippen LogP contribution in [0.1, 0.15) is 61.1 Å². The monoisotopic (exact) mass is 374 g/mol. The van der Waals surface area contributed by atoms with E-state index in [0.717, 1.165) is 47.8 Å². The molecule has 1 aromatic heterocycles. The van der Waals surface area contributed by atoms with Crippen molar-refractivity contribution in [2.45, 2.75) is 57.8 Å². The number of aryl methyl sites for hydroxylation is 1. The Morgan fingerprint density at radius 3 is 2.46 bits per heavy atom. The fourth-order valence-corrected chi connectivity index (χ4v) is 6.17. The average molecular weight is 375 g/mol. The molecule has 0 amide bonds. The quantitative estimate of drug-likeness (QED) is 0.869. The molecule has 2 aliphatic rings. The van der Waals surface area contributed by atoms with Crippen molar-refractivity contribution in [1.82, 2.24) is 9.29 Å². The number of piperidine rings is 1. The molecule has 1 aliphatic carbocycles. The van der Waals surface area contributed by atoms with Gasteiger partial charge in [0.25, 0.3) is 0 Å². The molecular weight excluding hydrogens is 348 g/mol. The maximum Gasteiger partial charge on any atom is 0.243 e. The molecule has 6 heteroatoms. The summed E-state index contributed by atoms with van der Waals surface area (Å²) < 4.78 is 27.8. The van der Waals surface area contributed by atoms with Gasteiger partial charge in [0, 0.05) is 41.7 Å². The molecule has 1 N–H and O–H groups in total. The SMILES string of the molecule is Cc1cc2c3c([nH]c2cc1S(=O)(=O)N1CCCCC1)CC(C)(C)CC3=O. The summed E-state index contributed by atoms with van der Waals surface area (Å²) in [4.78, 5) is 16.4. The topological polar surface area (TPSA) is 70.2 Å². The molecular formula is C20H26N2O3S. The minimum atomic E-state index is -3.49. The molecule has 1 saturated heterocycles. The molecule has 26 heavy (non-hydrogen) atoms. The van der Waals surface area contributed by atoms with Crippen LogP contribution in [0.2, 0.25) is 0 Å². The van der Waals surface area contributed by atoms with E-state index in [-0.39, 0.29) is 11.2 Å². The number of rotatable bonds is 2. The van der Waals surface area contributed by atoms with Crippen LogP contribution in [-0.2, 0) is 16.4 Å². The number of nitrogens with zero attached hydrogens (tertiary/aromatic N) is 1. The van der Waals surface area contributed by atoms with E-state index in [4.69, 9.17) is 0 Å². The van der Waals surface area contributed by atoms with Gasteiger partial charge >= 0.3 is 0 Å². The molecule has 2 heterocycles. The summed E-state index contributed by atoms with van der Waals surface area (Å²) in [6.07, 6.45) is 4.25. The van der Waals surface area contributed by atoms with Gasteiger partial charge in [-0.15, -0.1) is 0 Å². The third-order valence-corrected chi connectivity index (χ3v) is 7.72. The molecule has 0 atom stereocenters. The van der Waals surface area contributed by atoms with Gasteiger partial charge in [-0.1, -0.05) is 20.3 Å². The van der Waals surface area contributed by atoms with Crippen LogP contribution in [0.15, 0.2) is 17.0 Å². The molecule has 140 valence electrons. The van der Waals surface area contributed by atoms with Crippen molar-refractivity contribution in [3.8, 4) is 0 Å². The molecule has 0 spiro atoms. The smallest absolute Gasteiger partial charge is 0.243 e. The normalized spacial score (nSPS) is 21.1. The maximum absolute atomic E-state index is 13.1. The van der Waals surface area contributed by atoms with Crippen LogP contribution in [0.25, 0.3) is 10.9 Å². The third-order valence-electron chi connectivity index (χ3n) is 5.68. The largest absolute Gasteiger partial charge is 0.358 e. The minimum Gasteiger partial charge on any atom is -0.358 e. The number of H-pyrrole nitrogens is 1. The number of ketones is 1. The van der Waals surface area contributed by atoms with E-state index < -0.39 is 10.0 Å². The van der Waals surface area contributed by atoms with Crippen LogP contribution in [0, 0.1) is 12.3 Å². The van der Waals surface area contributed by atoms with E-state index >= 15 is 0 Å². The summed E-state index contributed by atoms with van der Waals surface area (Å²) in [6.45, 7) is 7.20. The van der Waals surface area contributed by atoms with E-state index in [1.54, 1.807) is 10.4 Å². The Morgan fingerprint density at radius 1 is 1.08 bits per heavy atom. The first kappa shape index (κ1) is 17.7. The fraction of sp³-hybridized carbons (Fsp3) is 0.550. The summed E-state index contributed by atoms with van der Waals surface area (Å²) in [5, 5.41) is 0.857. The number of sulfonamides is 1. The maximum atomic E-state index is 13.1. The highest BCUT2D eigenvalue weighted by Gasteiger charge is 2.34. The Balaban J connectivity index is 1.84. The lowest BCUT2D eigenvalue weighted by molar-refractivity contribution is 0.0913. The van der Waals surface area contributed by atoms with Gasteiger partial charge in [-0.2, -0.15) is 4.31 Å².